The summed E-state index contributed by atoms with van der Waals surface area (Å²) in [5, 5.41) is 9.31. The SMILES string of the molecule is COC(=O)N1[C@H](CO)C=C[C@H]1c1ccc(OC)cc1. The Kier molecular flexibility index (Phi) is 4.06. The summed E-state index contributed by atoms with van der Waals surface area (Å²) in [6, 6.07) is 6.89. The number of aliphatic hydroxyl groups is 1. The summed E-state index contributed by atoms with van der Waals surface area (Å²) in [5.74, 6) is 0.758. The minimum absolute atomic E-state index is 0.127. The molecular formula is C14H17NO4. The number of carbonyl (C=O) groups is 1. The van der Waals surface area contributed by atoms with Gasteiger partial charge in [-0.3, -0.25) is 4.90 Å². The molecule has 0 saturated carbocycles. The Morgan fingerprint density at radius 3 is 2.47 bits per heavy atom. The fraction of sp³-hybridized carbons (Fsp3) is 0.357. The lowest BCUT2D eigenvalue weighted by atomic mass is 10.1. The van der Waals surface area contributed by atoms with Crippen molar-refractivity contribution in [2.75, 3.05) is 20.8 Å². The van der Waals surface area contributed by atoms with Crippen LogP contribution >= 0.6 is 0 Å². The highest BCUT2D eigenvalue weighted by atomic mass is 16.5. The second-order valence-electron chi connectivity index (χ2n) is 4.23. The van der Waals surface area contributed by atoms with Crippen molar-refractivity contribution < 1.29 is 19.4 Å². The van der Waals surface area contributed by atoms with Crippen LogP contribution in [0.1, 0.15) is 11.6 Å². The van der Waals surface area contributed by atoms with Gasteiger partial charge in [0.25, 0.3) is 0 Å². The van der Waals surface area contributed by atoms with E-state index in [1.807, 2.05) is 36.4 Å². The fourth-order valence-electron chi connectivity index (χ4n) is 2.20. The van der Waals surface area contributed by atoms with E-state index >= 15 is 0 Å². The average molecular weight is 263 g/mol. The van der Waals surface area contributed by atoms with Crippen LogP contribution in [-0.2, 0) is 4.74 Å². The van der Waals surface area contributed by atoms with Gasteiger partial charge in [0.2, 0.25) is 0 Å². The molecule has 2 rings (SSSR count). The summed E-state index contributed by atoms with van der Waals surface area (Å²) in [5.41, 5.74) is 0.943. The van der Waals surface area contributed by atoms with E-state index in [4.69, 9.17) is 9.47 Å². The lowest BCUT2D eigenvalue weighted by Gasteiger charge is -2.28. The number of ether oxygens (including phenoxy) is 2. The van der Waals surface area contributed by atoms with E-state index in [2.05, 4.69) is 0 Å². The van der Waals surface area contributed by atoms with Gasteiger partial charge in [0.05, 0.1) is 32.9 Å². The summed E-state index contributed by atoms with van der Waals surface area (Å²) in [4.78, 5) is 13.3. The Bertz CT molecular complexity index is 469. The molecule has 2 atom stereocenters. The largest absolute Gasteiger partial charge is 0.497 e. The van der Waals surface area contributed by atoms with Crippen molar-refractivity contribution in [2.24, 2.45) is 0 Å². The van der Waals surface area contributed by atoms with Crippen molar-refractivity contribution in [3.05, 3.63) is 42.0 Å². The van der Waals surface area contributed by atoms with Crippen molar-refractivity contribution in [3.63, 3.8) is 0 Å². The number of nitrogens with zero attached hydrogens (tertiary/aromatic N) is 1. The van der Waals surface area contributed by atoms with Gasteiger partial charge in [0.1, 0.15) is 5.75 Å². The van der Waals surface area contributed by atoms with Crippen LogP contribution in [0.2, 0.25) is 0 Å². The Morgan fingerprint density at radius 1 is 1.26 bits per heavy atom. The van der Waals surface area contributed by atoms with E-state index in [0.29, 0.717) is 0 Å². The van der Waals surface area contributed by atoms with Crippen molar-refractivity contribution >= 4 is 6.09 Å². The first-order chi connectivity index (χ1) is 9.21. The molecule has 5 nitrogen and oxygen atoms in total. The fourth-order valence-corrected chi connectivity index (χ4v) is 2.20. The van der Waals surface area contributed by atoms with Crippen molar-refractivity contribution in [1.82, 2.24) is 4.90 Å². The number of rotatable bonds is 3. The highest BCUT2D eigenvalue weighted by Crippen LogP contribution is 2.31. The van der Waals surface area contributed by atoms with E-state index in [0.717, 1.165) is 11.3 Å². The number of benzene rings is 1. The van der Waals surface area contributed by atoms with Crippen LogP contribution in [0, 0.1) is 0 Å². The molecule has 0 aromatic heterocycles. The molecule has 0 spiro atoms. The van der Waals surface area contributed by atoms with E-state index in [1.165, 1.54) is 12.0 Å². The number of amides is 1. The maximum atomic E-state index is 11.8. The molecule has 1 heterocycles. The standard InChI is InChI=1S/C14H17NO4/c1-18-12-6-3-10(4-7-12)13-8-5-11(9-16)15(13)14(17)19-2/h3-8,11,13,16H,9H2,1-2H3/t11-,13-/m0/s1. The van der Waals surface area contributed by atoms with Crippen molar-refractivity contribution in [3.8, 4) is 5.75 Å². The first kappa shape index (κ1) is 13.4. The van der Waals surface area contributed by atoms with E-state index < -0.39 is 6.09 Å². The predicted octanol–water partition coefficient (Wildman–Crippen LogP) is 1.74. The molecule has 102 valence electrons. The third kappa shape index (κ3) is 2.56. The van der Waals surface area contributed by atoms with Crippen LogP contribution in [-0.4, -0.2) is 43.0 Å². The summed E-state index contributed by atoms with van der Waals surface area (Å²) >= 11 is 0. The maximum Gasteiger partial charge on any atom is 0.410 e. The first-order valence-electron chi connectivity index (χ1n) is 6.00. The molecule has 0 radical (unpaired) electrons. The van der Waals surface area contributed by atoms with Crippen LogP contribution in [0.4, 0.5) is 4.79 Å². The molecule has 0 aliphatic carbocycles. The number of hydrogen-bond donors (Lipinski definition) is 1. The zero-order valence-corrected chi connectivity index (χ0v) is 10.9. The Labute approximate surface area is 112 Å². The third-order valence-electron chi connectivity index (χ3n) is 3.20. The Balaban J connectivity index is 2.26. The van der Waals surface area contributed by atoms with Gasteiger partial charge in [0, 0.05) is 0 Å². The molecule has 5 heteroatoms. The van der Waals surface area contributed by atoms with Gasteiger partial charge in [-0.2, -0.15) is 0 Å². The van der Waals surface area contributed by atoms with Gasteiger partial charge in [-0.1, -0.05) is 24.3 Å². The van der Waals surface area contributed by atoms with Crippen LogP contribution < -0.4 is 4.74 Å². The molecule has 1 aromatic rings. The molecule has 0 fully saturated rings. The highest BCUT2D eigenvalue weighted by Gasteiger charge is 2.33. The third-order valence-corrected chi connectivity index (χ3v) is 3.20. The van der Waals surface area contributed by atoms with Crippen molar-refractivity contribution in [2.45, 2.75) is 12.1 Å². The lowest BCUT2D eigenvalue weighted by molar-refractivity contribution is 0.0907. The molecular weight excluding hydrogens is 246 g/mol. The second kappa shape index (κ2) is 5.75. The number of aliphatic hydroxyl groups excluding tert-OH is 1. The Hall–Kier alpha value is -2.01. The highest BCUT2D eigenvalue weighted by molar-refractivity contribution is 5.70. The molecule has 1 aliphatic heterocycles. The van der Waals surface area contributed by atoms with Crippen molar-refractivity contribution in [1.29, 1.82) is 0 Å². The van der Waals surface area contributed by atoms with E-state index in [1.54, 1.807) is 7.11 Å². The quantitative estimate of drug-likeness (QED) is 0.844. The zero-order valence-electron chi connectivity index (χ0n) is 10.9. The lowest BCUT2D eigenvalue weighted by Crippen LogP contribution is -2.39. The molecule has 0 bridgehead atoms. The minimum Gasteiger partial charge on any atom is -0.497 e. The van der Waals surface area contributed by atoms with Gasteiger partial charge in [0.15, 0.2) is 0 Å². The predicted molar refractivity (Wildman–Crippen MR) is 70.0 cm³/mol. The molecule has 1 aromatic carbocycles. The molecule has 19 heavy (non-hydrogen) atoms. The summed E-state index contributed by atoms with van der Waals surface area (Å²) in [6.45, 7) is -0.127. The van der Waals surface area contributed by atoms with E-state index in [-0.39, 0.29) is 18.7 Å². The number of carbonyl (C=O) groups excluding carboxylic acids is 1. The molecule has 1 N–H and O–H groups in total. The average Bonchev–Trinajstić information content (AvgIpc) is 2.90. The van der Waals surface area contributed by atoms with Crippen LogP contribution in [0.5, 0.6) is 5.75 Å². The smallest absolute Gasteiger partial charge is 0.410 e. The first-order valence-corrected chi connectivity index (χ1v) is 6.00. The zero-order chi connectivity index (χ0) is 13.8. The van der Waals surface area contributed by atoms with Gasteiger partial charge in [-0.25, -0.2) is 4.79 Å². The second-order valence-corrected chi connectivity index (χ2v) is 4.23. The van der Waals surface area contributed by atoms with Gasteiger partial charge in [-0.15, -0.1) is 0 Å². The molecule has 0 saturated heterocycles. The molecule has 0 unspecified atom stereocenters. The maximum absolute atomic E-state index is 11.8. The minimum atomic E-state index is -0.454. The monoisotopic (exact) mass is 263 g/mol. The topological polar surface area (TPSA) is 59.0 Å². The van der Waals surface area contributed by atoms with E-state index in [9.17, 15) is 9.90 Å². The summed E-state index contributed by atoms with van der Waals surface area (Å²) < 4.78 is 9.88. The van der Waals surface area contributed by atoms with Crippen LogP contribution in [0.25, 0.3) is 0 Å². The van der Waals surface area contributed by atoms with Crippen LogP contribution in [0.3, 0.4) is 0 Å². The Morgan fingerprint density at radius 2 is 1.95 bits per heavy atom. The summed E-state index contributed by atoms with van der Waals surface area (Å²) in [7, 11) is 2.94. The molecule has 1 amide bonds. The van der Waals surface area contributed by atoms with Gasteiger partial charge < -0.3 is 14.6 Å². The molecule has 1 aliphatic rings. The van der Waals surface area contributed by atoms with Gasteiger partial charge in [-0.05, 0) is 17.7 Å². The van der Waals surface area contributed by atoms with Gasteiger partial charge >= 0.3 is 6.09 Å². The normalized spacial score (nSPS) is 21.5. The summed E-state index contributed by atoms with van der Waals surface area (Å²) in [6.07, 6.45) is 3.25. The number of hydrogen-bond acceptors (Lipinski definition) is 4. The van der Waals surface area contributed by atoms with Crippen LogP contribution in [0.15, 0.2) is 36.4 Å². The number of methoxy groups -OCH3 is 2.